The molecule has 6 rings (SSSR count). The second kappa shape index (κ2) is 9.85. The Bertz CT molecular complexity index is 1140. The monoisotopic (exact) mass is 478 g/mol. The molecule has 3 aliphatic carbocycles. The van der Waals surface area contributed by atoms with E-state index in [1.165, 1.54) is 0 Å². The maximum atomic E-state index is 2.47. The lowest BCUT2D eigenvalue weighted by Crippen LogP contribution is -2.34. The first kappa shape index (κ1) is 25.3. The second-order valence-corrected chi connectivity index (χ2v) is 10.8. The van der Waals surface area contributed by atoms with Crippen LogP contribution in [0.3, 0.4) is 0 Å². The van der Waals surface area contributed by atoms with E-state index < -0.39 is 0 Å². The standard InChI is InChI=1S/C36H46/c1-9-21-22(10-2)26(14-6)32-31(25(21)13-5)35-29-19-17-18-20-30(29)36(32)34-28(16-8)24(12-4)23(11-3)27(15-7)33(34)35/h17-20,35-36H,9-16H2,1-8H3. The molecule has 0 radical (unpaired) electrons. The number of rotatable bonds is 8. The van der Waals surface area contributed by atoms with Gasteiger partial charge in [0.15, 0.2) is 0 Å². The van der Waals surface area contributed by atoms with E-state index in [-0.39, 0.29) is 0 Å². The van der Waals surface area contributed by atoms with Crippen LogP contribution in [0.1, 0.15) is 145 Å². The quantitative estimate of drug-likeness (QED) is 0.208. The van der Waals surface area contributed by atoms with Gasteiger partial charge in [0.1, 0.15) is 0 Å². The Hall–Kier alpha value is -2.34. The zero-order valence-electron chi connectivity index (χ0n) is 24.1. The minimum atomic E-state index is 0.393. The number of hydrogen-bond donors (Lipinski definition) is 0. The lowest BCUT2D eigenvalue weighted by atomic mass is 9.55. The summed E-state index contributed by atoms with van der Waals surface area (Å²) < 4.78 is 0. The molecule has 0 heteroatoms. The molecule has 0 nitrogen and oxygen atoms in total. The summed E-state index contributed by atoms with van der Waals surface area (Å²) in [5, 5.41) is 0. The van der Waals surface area contributed by atoms with Gasteiger partial charge in [0.05, 0.1) is 0 Å². The smallest absolute Gasteiger partial charge is 0.0355 e. The fraction of sp³-hybridized carbons (Fsp3) is 0.500. The highest BCUT2D eigenvalue weighted by atomic mass is 14.5. The van der Waals surface area contributed by atoms with Crippen LogP contribution < -0.4 is 0 Å². The molecular weight excluding hydrogens is 432 g/mol. The van der Waals surface area contributed by atoms with Crippen LogP contribution >= 0.6 is 0 Å². The molecule has 3 aromatic carbocycles. The highest BCUT2D eigenvalue weighted by molar-refractivity contribution is 5.76. The number of benzene rings is 3. The van der Waals surface area contributed by atoms with Gasteiger partial charge in [-0.25, -0.2) is 0 Å². The van der Waals surface area contributed by atoms with Gasteiger partial charge in [-0.3, -0.25) is 0 Å². The molecule has 0 saturated carbocycles. The summed E-state index contributed by atoms with van der Waals surface area (Å²) in [5.74, 6) is 0.785. The van der Waals surface area contributed by atoms with Crippen LogP contribution in [-0.2, 0) is 51.4 Å². The van der Waals surface area contributed by atoms with Gasteiger partial charge in [-0.05, 0) is 129 Å². The predicted molar refractivity (Wildman–Crippen MR) is 156 cm³/mol. The van der Waals surface area contributed by atoms with Crippen LogP contribution in [0.25, 0.3) is 0 Å². The first-order valence-electron chi connectivity index (χ1n) is 15.0. The van der Waals surface area contributed by atoms with Gasteiger partial charge in [0.2, 0.25) is 0 Å². The van der Waals surface area contributed by atoms with Gasteiger partial charge in [-0.1, -0.05) is 79.7 Å². The third-order valence-corrected chi connectivity index (χ3v) is 9.67. The molecule has 0 spiro atoms. The topological polar surface area (TPSA) is 0 Å². The maximum Gasteiger partial charge on any atom is 0.0355 e. The average molecular weight is 479 g/mol. The summed E-state index contributed by atoms with van der Waals surface area (Å²) in [7, 11) is 0. The molecule has 3 aromatic rings. The van der Waals surface area contributed by atoms with Crippen LogP contribution in [-0.4, -0.2) is 0 Å². The zero-order valence-corrected chi connectivity index (χ0v) is 24.1. The Morgan fingerprint density at radius 3 is 0.778 bits per heavy atom. The van der Waals surface area contributed by atoms with Crippen molar-refractivity contribution in [3.05, 3.63) is 102 Å². The largest absolute Gasteiger partial charge is 0.0619 e. The Morgan fingerprint density at radius 1 is 0.361 bits per heavy atom. The lowest BCUT2D eigenvalue weighted by molar-refractivity contribution is 0.697. The SMILES string of the molecule is CCc1c(CC)c(CC)c2c(c1CC)C1c3ccccc3C2c2c(CC)c(CC)c(CC)c(CC)c21. The highest BCUT2D eigenvalue weighted by Gasteiger charge is 2.47. The fourth-order valence-electron chi connectivity index (χ4n) is 8.62. The van der Waals surface area contributed by atoms with E-state index in [0.717, 1.165) is 51.4 Å². The van der Waals surface area contributed by atoms with Gasteiger partial charge in [0.25, 0.3) is 0 Å². The lowest BCUT2D eigenvalue weighted by Gasteiger charge is -2.48. The number of hydrogen-bond acceptors (Lipinski definition) is 0. The van der Waals surface area contributed by atoms with Gasteiger partial charge >= 0.3 is 0 Å². The molecular formula is C36H46. The summed E-state index contributed by atoms with van der Waals surface area (Å²) in [4.78, 5) is 0. The minimum absolute atomic E-state index is 0.393. The molecule has 0 fully saturated rings. The summed E-state index contributed by atoms with van der Waals surface area (Å²) in [5.41, 5.74) is 23.4. The van der Waals surface area contributed by atoms with E-state index in [4.69, 9.17) is 0 Å². The first-order valence-corrected chi connectivity index (χ1v) is 15.0. The summed E-state index contributed by atoms with van der Waals surface area (Å²) in [6, 6.07) is 9.52. The van der Waals surface area contributed by atoms with Crippen LogP contribution in [0.2, 0.25) is 0 Å². The van der Waals surface area contributed by atoms with E-state index in [1.807, 2.05) is 0 Å². The van der Waals surface area contributed by atoms with Crippen molar-refractivity contribution in [2.45, 2.75) is 119 Å². The molecule has 0 amide bonds. The molecule has 0 aliphatic heterocycles. The molecule has 36 heavy (non-hydrogen) atoms. The van der Waals surface area contributed by atoms with Gasteiger partial charge < -0.3 is 0 Å². The summed E-state index contributed by atoms with van der Waals surface area (Å²) in [6.45, 7) is 19.2. The fourth-order valence-corrected chi connectivity index (χ4v) is 8.62. The molecule has 2 bridgehead atoms. The Balaban J connectivity index is 2.04. The Morgan fingerprint density at radius 2 is 0.583 bits per heavy atom. The van der Waals surface area contributed by atoms with Crippen molar-refractivity contribution in [1.29, 1.82) is 0 Å². The molecule has 0 N–H and O–H groups in total. The van der Waals surface area contributed by atoms with Crippen LogP contribution in [0.4, 0.5) is 0 Å². The first-order chi connectivity index (χ1) is 17.6. The van der Waals surface area contributed by atoms with E-state index in [9.17, 15) is 0 Å². The maximum absolute atomic E-state index is 2.47. The Kier molecular flexibility index (Phi) is 6.92. The average Bonchev–Trinajstić information content (AvgIpc) is 2.93. The van der Waals surface area contributed by atoms with E-state index >= 15 is 0 Å². The normalized spacial score (nSPS) is 17.2. The Labute approximate surface area is 220 Å². The van der Waals surface area contributed by atoms with Crippen molar-refractivity contribution < 1.29 is 0 Å². The van der Waals surface area contributed by atoms with E-state index in [0.29, 0.717) is 11.8 Å². The van der Waals surface area contributed by atoms with Crippen LogP contribution in [0.15, 0.2) is 24.3 Å². The minimum Gasteiger partial charge on any atom is -0.0619 e. The van der Waals surface area contributed by atoms with E-state index in [1.54, 1.807) is 77.9 Å². The molecule has 3 aliphatic rings. The molecule has 0 aromatic heterocycles. The summed E-state index contributed by atoms with van der Waals surface area (Å²) >= 11 is 0. The molecule has 190 valence electrons. The zero-order chi connectivity index (χ0) is 25.7. The van der Waals surface area contributed by atoms with Crippen molar-refractivity contribution in [2.24, 2.45) is 0 Å². The third kappa shape index (κ3) is 3.19. The van der Waals surface area contributed by atoms with Crippen molar-refractivity contribution in [3.8, 4) is 0 Å². The molecule has 0 unspecified atom stereocenters. The van der Waals surface area contributed by atoms with Crippen LogP contribution in [0, 0.1) is 0 Å². The molecule has 0 atom stereocenters. The predicted octanol–water partition coefficient (Wildman–Crippen LogP) is 9.17. The highest BCUT2D eigenvalue weighted by Crippen LogP contribution is 2.61. The van der Waals surface area contributed by atoms with Gasteiger partial charge in [-0.2, -0.15) is 0 Å². The molecule has 0 heterocycles. The van der Waals surface area contributed by atoms with Gasteiger partial charge in [0, 0.05) is 11.8 Å². The van der Waals surface area contributed by atoms with Crippen molar-refractivity contribution in [1.82, 2.24) is 0 Å². The third-order valence-electron chi connectivity index (χ3n) is 9.67. The van der Waals surface area contributed by atoms with Crippen molar-refractivity contribution in [3.63, 3.8) is 0 Å². The van der Waals surface area contributed by atoms with Crippen LogP contribution in [0.5, 0.6) is 0 Å². The van der Waals surface area contributed by atoms with E-state index in [2.05, 4.69) is 79.7 Å². The molecule has 0 saturated heterocycles. The van der Waals surface area contributed by atoms with Crippen molar-refractivity contribution in [2.75, 3.05) is 0 Å². The second-order valence-electron chi connectivity index (χ2n) is 10.8. The van der Waals surface area contributed by atoms with Gasteiger partial charge in [-0.15, -0.1) is 0 Å². The van der Waals surface area contributed by atoms with Crippen molar-refractivity contribution >= 4 is 0 Å². The summed E-state index contributed by atoms with van der Waals surface area (Å²) in [6.07, 6.45) is 9.14.